The minimum atomic E-state index is -0.578. The van der Waals surface area contributed by atoms with Crippen LogP contribution in [-0.2, 0) is 0 Å². The number of piperidine rings is 1. The van der Waals surface area contributed by atoms with Gasteiger partial charge in [0.05, 0.1) is 16.3 Å². The van der Waals surface area contributed by atoms with E-state index in [2.05, 4.69) is 10.2 Å². The Morgan fingerprint density at radius 1 is 1.00 bits per heavy atom. The SMILES string of the molecule is NC(=O)c1ccc(N2CCCCC2)c(NC(=O)c2ccc([N+](=O)[O-])cc2)c1. The van der Waals surface area contributed by atoms with E-state index < -0.39 is 16.7 Å². The molecule has 27 heavy (non-hydrogen) atoms. The van der Waals surface area contributed by atoms with Crippen molar-refractivity contribution in [1.82, 2.24) is 0 Å². The van der Waals surface area contributed by atoms with Crippen LogP contribution in [0.4, 0.5) is 17.1 Å². The second-order valence-corrected chi connectivity index (χ2v) is 6.40. The van der Waals surface area contributed by atoms with Crippen LogP contribution in [0, 0.1) is 10.1 Å². The van der Waals surface area contributed by atoms with E-state index in [0.717, 1.165) is 31.6 Å². The molecule has 1 aliphatic heterocycles. The van der Waals surface area contributed by atoms with Gasteiger partial charge in [0, 0.05) is 36.3 Å². The first-order valence-electron chi connectivity index (χ1n) is 8.70. The van der Waals surface area contributed by atoms with E-state index in [-0.39, 0.29) is 11.3 Å². The molecule has 3 rings (SSSR count). The first kappa shape index (κ1) is 18.4. The maximum atomic E-state index is 12.6. The van der Waals surface area contributed by atoms with E-state index >= 15 is 0 Å². The number of benzene rings is 2. The van der Waals surface area contributed by atoms with Crippen molar-refractivity contribution in [2.24, 2.45) is 5.73 Å². The van der Waals surface area contributed by atoms with Crippen molar-refractivity contribution in [1.29, 1.82) is 0 Å². The number of nitro groups is 1. The first-order valence-corrected chi connectivity index (χ1v) is 8.70. The van der Waals surface area contributed by atoms with Crippen molar-refractivity contribution in [2.75, 3.05) is 23.3 Å². The van der Waals surface area contributed by atoms with Gasteiger partial charge < -0.3 is 16.0 Å². The van der Waals surface area contributed by atoms with Crippen LogP contribution in [-0.4, -0.2) is 29.8 Å². The molecule has 8 nitrogen and oxygen atoms in total. The molecule has 2 aromatic carbocycles. The van der Waals surface area contributed by atoms with Gasteiger partial charge in [-0.3, -0.25) is 19.7 Å². The third-order valence-corrected chi connectivity index (χ3v) is 4.57. The number of nitrogens with one attached hydrogen (secondary N) is 1. The van der Waals surface area contributed by atoms with Crippen LogP contribution in [0.3, 0.4) is 0 Å². The predicted octanol–water partition coefficient (Wildman–Crippen LogP) is 2.94. The number of carbonyl (C=O) groups is 2. The Kier molecular flexibility index (Phi) is 5.35. The molecule has 3 N–H and O–H groups in total. The van der Waals surface area contributed by atoms with Gasteiger partial charge in [-0.25, -0.2) is 0 Å². The molecule has 1 heterocycles. The number of anilines is 2. The number of hydrogen-bond acceptors (Lipinski definition) is 5. The van der Waals surface area contributed by atoms with Crippen molar-refractivity contribution in [3.8, 4) is 0 Å². The highest BCUT2D eigenvalue weighted by molar-refractivity contribution is 6.07. The Labute approximate surface area is 156 Å². The molecule has 8 heteroatoms. The standard InChI is InChI=1S/C19H20N4O4/c20-18(24)14-6-9-17(22-10-2-1-3-11-22)16(12-14)21-19(25)13-4-7-15(8-5-13)23(26)27/h4-9,12H,1-3,10-11H2,(H2,20,24)(H,21,25). The van der Waals surface area contributed by atoms with Gasteiger partial charge in [0.15, 0.2) is 0 Å². The first-order chi connectivity index (χ1) is 13.0. The molecule has 2 amide bonds. The average molecular weight is 368 g/mol. The largest absolute Gasteiger partial charge is 0.370 e. The van der Waals surface area contributed by atoms with Crippen LogP contribution in [0.25, 0.3) is 0 Å². The lowest BCUT2D eigenvalue weighted by Gasteiger charge is -2.30. The average Bonchev–Trinajstić information content (AvgIpc) is 2.68. The maximum Gasteiger partial charge on any atom is 0.269 e. The summed E-state index contributed by atoms with van der Waals surface area (Å²) in [6, 6.07) is 10.3. The molecule has 0 aliphatic carbocycles. The zero-order valence-corrected chi connectivity index (χ0v) is 14.7. The number of primary amides is 1. The van der Waals surface area contributed by atoms with Gasteiger partial charge in [-0.2, -0.15) is 0 Å². The highest BCUT2D eigenvalue weighted by Crippen LogP contribution is 2.30. The molecule has 1 fully saturated rings. The van der Waals surface area contributed by atoms with E-state index in [1.165, 1.54) is 30.7 Å². The Hall–Kier alpha value is -3.42. The molecule has 1 saturated heterocycles. The van der Waals surface area contributed by atoms with E-state index in [1.807, 2.05) is 0 Å². The summed E-state index contributed by atoms with van der Waals surface area (Å²) < 4.78 is 0. The molecule has 140 valence electrons. The molecule has 0 spiro atoms. The molecule has 2 aromatic rings. The van der Waals surface area contributed by atoms with Crippen molar-refractivity contribution in [2.45, 2.75) is 19.3 Å². The van der Waals surface area contributed by atoms with E-state index in [0.29, 0.717) is 11.3 Å². The van der Waals surface area contributed by atoms with E-state index in [4.69, 9.17) is 5.73 Å². The minimum absolute atomic E-state index is 0.0868. The van der Waals surface area contributed by atoms with Crippen LogP contribution in [0.1, 0.15) is 40.0 Å². The van der Waals surface area contributed by atoms with Crippen molar-refractivity contribution in [3.05, 3.63) is 63.7 Å². The van der Waals surface area contributed by atoms with E-state index in [9.17, 15) is 19.7 Å². The van der Waals surface area contributed by atoms with Crippen LogP contribution in [0.5, 0.6) is 0 Å². The monoisotopic (exact) mass is 368 g/mol. The second kappa shape index (κ2) is 7.86. The zero-order valence-electron chi connectivity index (χ0n) is 14.7. The number of carbonyl (C=O) groups excluding carboxylic acids is 2. The summed E-state index contributed by atoms with van der Waals surface area (Å²) in [5, 5.41) is 13.6. The lowest BCUT2D eigenvalue weighted by atomic mass is 10.1. The number of non-ortho nitro benzene ring substituents is 1. The number of hydrogen-bond donors (Lipinski definition) is 2. The summed E-state index contributed by atoms with van der Waals surface area (Å²) in [5.41, 5.74) is 7.20. The van der Waals surface area contributed by atoms with Gasteiger partial charge in [0.2, 0.25) is 5.91 Å². The zero-order chi connectivity index (χ0) is 19.4. The molecule has 0 bridgehead atoms. The summed E-state index contributed by atoms with van der Waals surface area (Å²) in [6.45, 7) is 1.74. The smallest absolute Gasteiger partial charge is 0.269 e. The van der Waals surface area contributed by atoms with E-state index in [1.54, 1.807) is 18.2 Å². The van der Waals surface area contributed by atoms with Crippen molar-refractivity contribution >= 4 is 28.9 Å². The summed E-state index contributed by atoms with van der Waals surface area (Å²) >= 11 is 0. The third-order valence-electron chi connectivity index (χ3n) is 4.57. The molecular formula is C19H20N4O4. The van der Waals surface area contributed by atoms with Crippen LogP contribution < -0.4 is 16.0 Å². The molecule has 0 unspecified atom stereocenters. The van der Waals surface area contributed by atoms with Crippen molar-refractivity contribution in [3.63, 3.8) is 0 Å². The normalized spacial score (nSPS) is 13.9. The summed E-state index contributed by atoms with van der Waals surface area (Å²) in [7, 11) is 0. The summed E-state index contributed by atoms with van der Waals surface area (Å²) in [6.07, 6.45) is 3.29. The van der Waals surface area contributed by atoms with Crippen molar-refractivity contribution < 1.29 is 14.5 Å². The quantitative estimate of drug-likeness (QED) is 0.621. The Morgan fingerprint density at radius 3 is 2.22 bits per heavy atom. The molecule has 0 atom stereocenters. The second-order valence-electron chi connectivity index (χ2n) is 6.40. The van der Waals surface area contributed by atoms with Crippen LogP contribution in [0.15, 0.2) is 42.5 Å². The molecular weight excluding hydrogens is 348 g/mol. The number of nitrogens with zero attached hydrogens (tertiary/aromatic N) is 2. The summed E-state index contributed by atoms with van der Waals surface area (Å²) in [4.78, 5) is 36.5. The highest BCUT2D eigenvalue weighted by Gasteiger charge is 2.18. The van der Waals surface area contributed by atoms with Crippen LogP contribution >= 0.6 is 0 Å². The Morgan fingerprint density at radius 2 is 1.63 bits per heavy atom. The topological polar surface area (TPSA) is 119 Å². The van der Waals surface area contributed by atoms with Gasteiger partial charge >= 0.3 is 0 Å². The predicted molar refractivity (Wildman–Crippen MR) is 102 cm³/mol. The lowest BCUT2D eigenvalue weighted by Crippen LogP contribution is -2.30. The highest BCUT2D eigenvalue weighted by atomic mass is 16.6. The van der Waals surface area contributed by atoms with Crippen LogP contribution in [0.2, 0.25) is 0 Å². The fraction of sp³-hybridized carbons (Fsp3) is 0.263. The third kappa shape index (κ3) is 4.22. The number of rotatable bonds is 5. The Balaban J connectivity index is 1.88. The van der Waals surface area contributed by atoms with Gasteiger partial charge in [0.1, 0.15) is 0 Å². The lowest BCUT2D eigenvalue weighted by molar-refractivity contribution is -0.384. The van der Waals surface area contributed by atoms with Gasteiger partial charge in [0.25, 0.3) is 11.6 Å². The Bertz CT molecular complexity index is 874. The number of nitrogens with two attached hydrogens (primary N) is 1. The molecule has 0 saturated carbocycles. The molecule has 1 aliphatic rings. The minimum Gasteiger partial charge on any atom is -0.370 e. The fourth-order valence-electron chi connectivity index (χ4n) is 3.13. The van der Waals surface area contributed by atoms with Gasteiger partial charge in [-0.15, -0.1) is 0 Å². The van der Waals surface area contributed by atoms with Gasteiger partial charge in [-0.1, -0.05) is 0 Å². The fourth-order valence-corrected chi connectivity index (χ4v) is 3.13. The summed E-state index contributed by atoms with van der Waals surface area (Å²) in [5.74, 6) is -0.990. The molecule has 0 aromatic heterocycles. The number of nitro benzene ring substituents is 1. The molecule has 0 radical (unpaired) electrons. The number of amides is 2. The maximum absolute atomic E-state index is 12.6. The van der Waals surface area contributed by atoms with Gasteiger partial charge in [-0.05, 0) is 49.6 Å².